The standard InChI is InChI=1S/C17H27N3O2/c1-3-19-9-10-22-16-13-20(8-6-14(16)11-19)12-15-5-4-7-18-17(15)21-2/h4-5,7,14,16H,3,6,8-13H2,1-2H3/t14-,16-/m1/s1. The molecule has 0 unspecified atom stereocenters. The smallest absolute Gasteiger partial charge is 0.217 e. The molecular weight excluding hydrogens is 278 g/mol. The molecule has 0 aliphatic carbocycles. The monoisotopic (exact) mass is 305 g/mol. The van der Waals surface area contributed by atoms with Crippen molar-refractivity contribution >= 4 is 0 Å². The number of methoxy groups -OCH3 is 1. The molecule has 0 radical (unpaired) electrons. The first-order valence-electron chi connectivity index (χ1n) is 8.34. The number of likely N-dealkylation sites (tertiary alicyclic amines) is 1. The van der Waals surface area contributed by atoms with Gasteiger partial charge < -0.3 is 14.4 Å². The second-order valence-corrected chi connectivity index (χ2v) is 6.26. The molecule has 3 rings (SSSR count). The lowest BCUT2D eigenvalue weighted by Gasteiger charge is -2.38. The summed E-state index contributed by atoms with van der Waals surface area (Å²) in [5, 5.41) is 0. The highest BCUT2D eigenvalue weighted by atomic mass is 16.5. The molecule has 5 nitrogen and oxygen atoms in total. The van der Waals surface area contributed by atoms with Crippen molar-refractivity contribution in [3.63, 3.8) is 0 Å². The van der Waals surface area contributed by atoms with Gasteiger partial charge in [-0.25, -0.2) is 4.98 Å². The predicted molar refractivity (Wildman–Crippen MR) is 86.0 cm³/mol. The zero-order valence-electron chi connectivity index (χ0n) is 13.7. The molecule has 5 heteroatoms. The van der Waals surface area contributed by atoms with Crippen LogP contribution in [0.5, 0.6) is 5.88 Å². The van der Waals surface area contributed by atoms with Gasteiger partial charge in [-0.1, -0.05) is 13.0 Å². The van der Waals surface area contributed by atoms with Gasteiger partial charge in [-0.15, -0.1) is 0 Å². The van der Waals surface area contributed by atoms with E-state index in [1.807, 2.05) is 6.07 Å². The summed E-state index contributed by atoms with van der Waals surface area (Å²) in [5.74, 6) is 1.41. The number of pyridine rings is 1. The van der Waals surface area contributed by atoms with E-state index in [-0.39, 0.29) is 0 Å². The van der Waals surface area contributed by atoms with Crippen LogP contribution in [-0.2, 0) is 11.3 Å². The lowest BCUT2D eigenvalue weighted by molar-refractivity contribution is -0.0243. The largest absolute Gasteiger partial charge is 0.481 e. The minimum absolute atomic E-state index is 0.368. The number of aromatic nitrogens is 1. The molecule has 0 aromatic carbocycles. The van der Waals surface area contributed by atoms with E-state index in [0.717, 1.165) is 50.8 Å². The topological polar surface area (TPSA) is 37.8 Å². The highest BCUT2D eigenvalue weighted by Gasteiger charge is 2.33. The molecule has 0 bridgehead atoms. The first kappa shape index (κ1) is 15.7. The van der Waals surface area contributed by atoms with E-state index in [1.165, 1.54) is 13.0 Å². The zero-order chi connectivity index (χ0) is 15.4. The molecule has 3 heterocycles. The Morgan fingerprint density at radius 1 is 1.32 bits per heavy atom. The van der Waals surface area contributed by atoms with Crippen LogP contribution in [0.4, 0.5) is 0 Å². The lowest BCUT2D eigenvalue weighted by Crippen LogP contribution is -2.46. The summed E-state index contributed by atoms with van der Waals surface area (Å²) >= 11 is 0. The third kappa shape index (κ3) is 3.59. The number of ether oxygens (including phenoxy) is 2. The van der Waals surface area contributed by atoms with Crippen molar-refractivity contribution < 1.29 is 9.47 Å². The first-order chi connectivity index (χ1) is 10.8. The van der Waals surface area contributed by atoms with Crippen molar-refractivity contribution in [2.45, 2.75) is 26.0 Å². The Labute approximate surface area is 133 Å². The maximum atomic E-state index is 6.13. The van der Waals surface area contributed by atoms with Crippen LogP contribution >= 0.6 is 0 Å². The van der Waals surface area contributed by atoms with Gasteiger partial charge in [0.1, 0.15) is 0 Å². The van der Waals surface area contributed by atoms with Gasteiger partial charge in [0.15, 0.2) is 0 Å². The number of rotatable bonds is 4. The predicted octanol–water partition coefficient (Wildman–Crippen LogP) is 1.63. The van der Waals surface area contributed by atoms with Crippen molar-refractivity contribution in [3.05, 3.63) is 23.9 Å². The fourth-order valence-corrected chi connectivity index (χ4v) is 3.58. The van der Waals surface area contributed by atoms with Crippen LogP contribution in [0.25, 0.3) is 0 Å². The SMILES string of the molecule is CCN1CCO[C@@H]2CN(Cc3cccnc3OC)CC[C@@H]2C1. The second-order valence-electron chi connectivity index (χ2n) is 6.26. The summed E-state index contributed by atoms with van der Waals surface area (Å²) in [7, 11) is 1.69. The van der Waals surface area contributed by atoms with Crippen molar-refractivity contribution in [2.24, 2.45) is 5.92 Å². The van der Waals surface area contributed by atoms with E-state index >= 15 is 0 Å². The van der Waals surface area contributed by atoms with Crippen LogP contribution in [0.3, 0.4) is 0 Å². The second kappa shape index (κ2) is 7.40. The van der Waals surface area contributed by atoms with Crippen molar-refractivity contribution in [1.82, 2.24) is 14.8 Å². The Hall–Kier alpha value is -1.17. The molecule has 2 aliphatic heterocycles. The zero-order valence-corrected chi connectivity index (χ0v) is 13.7. The number of piperidine rings is 1. The van der Waals surface area contributed by atoms with Gasteiger partial charge in [0.25, 0.3) is 0 Å². The van der Waals surface area contributed by atoms with E-state index in [9.17, 15) is 0 Å². The molecule has 2 atom stereocenters. The van der Waals surface area contributed by atoms with E-state index in [1.54, 1.807) is 13.3 Å². The minimum Gasteiger partial charge on any atom is -0.481 e. The molecule has 0 N–H and O–H groups in total. The summed E-state index contributed by atoms with van der Waals surface area (Å²) in [6, 6.07) is 4.08. The average molecular weight is 305 g/mol. The molecule has 2 aliphatic rings. The number of hydrogen-bond donors (Lipinski definition) is 0. The first-order valence-corrected chi connectivity index (χ1v) is 8.34. The number of fused-ring (bicyclic) bond motifs is 1. The molecule has 0 saturated carbocycles. The Morgan fingerprint density at radius 2 is 2.23 bits per heavy atom. The maximum Gasteiger partial charge on any atom is 0.217 e. The molecule has 1 aromatic rings. The van der Waals surface area contributed by atoms with E-state index in [0.29, 0.717) is 12.0 Å². The van der Waals surface area contributed by atoms with Gasteiger partial charge in [-0.2, -0.15) is 0 Å². The minimum atomic E-state index is 0.368. The third-order valence-electron chi connectivity index (χ3n) is 4.90. The molecule has 1 aromatic heterocycles. The number of hydrogen-bond acceptors (Lipinski definition) is 5. The molecule has 2 saturated heterocycles. The van der Waals surface area contributed by atoms with Crippen molar-refractivity contribution in [3.8, 4) is 5.88 Å². The van der Waals surface area contributed by atoms with Gasteiger partial charge in [0.05, 0.1) is 19.8 Å². The Bertz CT molecular complexity index is 483. The summed E-state index contributed by atoms with van der Waals surface area (Å²) in [6.07, 6.45) is 3.36. The fourth-order valence-electron chi connectivity index (χ4n) is 3.58. The molecular formula is C17H27N3O2. The molecule has 2 fully saturated rings. The van der Waals surface area contributed by atoms with Gasteiger partial charge in [0.2, 0.25) is 5.88 Å². The number of likely N-dealkylation sites (N-methyl/N-ethyl adjacent to an activating group) is 1. The molecule has 0 amide bonds. The lowest BCUT2D eigenvalue weighted by atomic mass is 9.93. The summed E-state index contributed by atoms with van der Waals surface area (Å²) in [6.45, 7) is 9.51. The van der Waals surface area contributed by atoms with Crippen molar-refractivity contribution in [1.29, 1.82) is 0 Å². The Morgan fingerprint density at radius 3 is 3.05 bits per heavy atom. The maximum absolute atomic E-state index is 6.13. The van der Waals surface area contributed by atoms with Crippen LogP contribution in [-0.4, -0.2) is 67.3 Å². The Balaban J connectivity index is 1.62. The van der Waals surface area contributed by atoms with Crippen molar-refractivity contribution in [2.75, 3.05) is 46.4 Å². The highest BCUT2D eigenvalue weighted by molar-refractivity contribution is 5.25. The molecule has 0 spiro atoms. The van der Waals surface area contributed by atoms with E-state index in [4.69, 9.17) is 9.47 Å². The van der Waals surface area contributed by atoms with Gasteiger partial charge in [0, 0.05) is 43.9 Å². The van der Waals surface area contributed by atoms with Gasteiger partial charge in [-0.3, -0.25) is 4.90 Å². The Kier molecular flexibility index (Phi) is 5.28. The summed E-state index contributed by atoms with van der Waals surface area (Å²) in [4.78, 5) is 9.29. The normalized spacial score (nSPS) is 27.2. The van der Waals surface area contributed by atoms with Crippen LogP contribution < -0.4 is 4.74 Å². The average Bonchev–Trinajstić information content (AvgIpc) is 2.77. The van der Waals surface area contributed by atoms with Gasteiger partial charge in [-0.05, 0) is 25.6 Å². The molecule has 22 heavy (non-hydrogen) atoms. The van der Waals surface area contributed by atoms with E-state index in [2.05, 4.69) is 27.8 Å². The third-order valence-corrected chi connectivity index (χ3v) is 4.90. The summed E-state index contributed by atoms with van der Waals surface area (Å²) in [5.41, 5.74) is 1.16. The van der Waals surface area contributed by atoms with Crippen LogP contribution in [0.1, 0.15) is 18.9 Å². The van der Waals surface area contributed by atoms with Crippen LogP contribution in [0.15, 0.2) is 18.3 Å². The molecule has 122 valence electrons. The highest BCUT2D eigenvalue weighted by Crippen LogP contribution is 2.26. The fraction of sp³-hybridized carbons (Fsp3) is 0.706. The summed E-state index contributed by atoms with van der Waals surface area (Å²) < 4.78 is 11.5. The van der Waals surface area contributed by atoms with Crippen LogP contribution in [0.2, 0.25) is 0 Å². The number of nitrogens with zero attached hydrogens (tertiary/aromatic N) is 3. The quantitative estimate of drug-likeness (QED) is 0.845. The van der Waals surface area contributed by atoms with Gasteiger partial charge >= 0.3 is 0 Å². The van der Waals surface area contributed by atoms with E-state index < -0.39 is 0 Å². The van der Waals surface area contributed by atoms with Crippen LogP contribution in [0, 0.1) is 5.92 Å².